The van der Waals surface area contributed by atoms with E-state index in [1.165, 1.54) is 66.8 Å². The van der Waals surface area contributed by atoms with Gasteiger partial charge in [0.25, 0.3) is 0 Å². The molecular formula is C43H34N2. The fourth-order valence-electron chi connectivity index (χ4n) is 7.61. The van der Waals surface area contributed by atoms with Crippen molar-refractivity contribution in [1.29, 1.82) is 0 Å². The average molecular weight is 579 g/mol. The van der Waals surface area contributed by atoms with Crippen molar-refractivity contribution in [2.45, 2.75) is 25.7 Å². The highest BCUT2D eigenvalue weighted by Crippen LogP contribution is 2.56. The van der Waals surface area contributed by atoms with Gasteiger partial charge in [-0.25, -0.2) is 0 Å². The minimum Gasteiger partial charge on any atom is -0.310 e. The summed E-state index contributed by atoms with van der Waals surface area (Å²) < 4.78 is 2.42. The Morgan fingerprint density at radius 1 is 0.667 bits per heavy atom. The van der Waals surface area contributed by atoms with Crippen LogP contribution in [-0.2, 0) is 11.8 Å². The fraction of sp³-hybridized carbons (Fsp3) is 0.0930. The second kappa shape index (κ2) is 10.9. The van der Waals surface area contributed by atoms with E-state index in [9.17, 15) is 0 Å². The number of fused-ring (bicyclic) bond motifs is 4. The van der Waals surface area contributed by atoms with Gasteiger partial charge in [-0.3, -0.25) is 4.98 Å². The highest BCUT2D eigenvalue weighted by Gasteiger charge is 2.47. The third-order valence-corrected chi connectivity index (χ3v) is 9.44. The SMILES string of the molecule is C/C=C\c1c(CC)c2ccccc2n1-c1cccc(-c2ccc3c(c2)-c2ccccc2C3(c2ccccc2)c2ccccn2)c1. The zero-order valence-electron chi connectivity index (χ0n) is 25.6. The summed E-state index contributed by atoms with van der Waals surface area (Å²) in [5, 5.41) is 1.32. The molecule has 0 fully saturated rings. The molecule has 0 spiro atoms. The predicted molar refractivity (Wildman–Crippen MR) is 188 cm³/mol. The Bertz CT molecular complexity index is 2160. The molecule has 1 unspecified atom stereocenters. The lowest BCUT2D eigenvalue weighted by Gasteiger charge is -2.32. The second-order valence-corrected chi connectivity index (χ2v) is 11.8. The summed E-state index contributed by atoms with van der Waals surface area (Å²) in [6, 6.07) is 50.8. The Morgan fingerprint density at radius 2 is 1.42 bits per heavy atom. The van der Waals surface area contributed by atoms with E-state index in [1.807, 2.05) is 12.3 Å². The van der Waals surface area contributed by atoms with Gasteiger partial charge in [0.15, 0.2) is 0 Å². The van der Waals surface area contributed by atoms with Crippen molar-refractivity contribution in [1.82, 2.24) is 9.55 Å². The maximum absolute atomic E-state index is 4.98. The van der Waals surface area contributed by atoms with E-state index in [1.54, 1.807) is 0 Å². The molecule has 2 aromatic heterocycles. The van der Waals surface area contributed by atoms with Crippen LogP contribution in [0.25, 0.3) is 44.9 Å². The first-order chi connectivity index (χ1) is 22.3. The summed E-state index contributed by atoms with van der Waals surface area (Å²) in [4.78, 5) is 4.98. The molecule has 0 bridgehead atoms. The molecule has 8 rings (SSSR count). The third kappa shape index (κ3) is 4.06. The van der Waals surface area contributed by atoms with Gasteiger partial charge in [0.1, 0.15) is 0 Å². The lowest BCUT2D eigenvalue weighted by Crippen LogP contribution is -2.29. The summed E-state index contributed by atoms with van der Waals surface area (Å²) in [5.74, 6) is 0. The number of aromatic nitrogens is 2. The fourth-order valence-corrected chi connectivity index (χ4v) is 7.61. The Balaban J connectivity index is 1.34. The normalized spacial score (nSPS) is 15.4. The van der Waals surface area contributed by atoms with Gasteiger partial charge < -0.3 is 4.57 Å². The number of nitrogens with zero attached hydrogens (tertiary/aromatic N) is 2. The monoisotopic (exact) mass is 578 g/mol. The Kier molecular flexibility index (Phi) is 6.57. The highest BCUT2D eigenvalue weighted by atomic mass is 15.0. The van der Waals surface area contributed by atoms with Crippen LogP contribution < -0.4 is 0 Å². The van der Waals surface area contributed by atoms with Crippen LogP contribution in [0.15, 0.2) is 152 Å². The number of pyridine rings is 1. The maximum atomic E-state index is 4.98. The average Bonchev–Trinajstić information content (AvgIpc) is 3.59. The molecule has 0 aliphatic heterocycles. The first-order valence-electron chi connectivity index (χ1n) is 15.8. The van der Waals surface area contributed by atoms with Crippen LogP contribution in [-0.4, -0.2) is 9.55 Å². The van der Waals surface area contributed by atoms with Crippen LogP contribution >= 0.6 is 0 Å². The van der Waals surface area contributed by atoms with Gasteiger partial charge in [-0.1, -0.05) is 116 Å². The molecule has 5 aromatic carbocycles. The van der Waals surface area contributed by atoms with E-state index >= 15 is 0 Å². The largest absolute Gasteiger partial charge is 0.310 e. The van der Waals surface area contributed by atoms with Gasteiger partial charge in [-0.05, 0) is 100 Å². The molecule has 0 saturated heterocycles. The number of allylic oxidation sites excluding steroid dienone is 1. The Hall–Kier alpha value is -5.47. The lowest BCUT2D eigenvalue weighted by molar-refractivity contribution is 0.735. The molecule has 0 radical (unpaired) electrons. The predicted octanol–water partition coefficient (Wildman–Crippen LogP) is 10.7. The molecular weight excluding hydrogens is 544 g/mol. The van der Waals surface area contributed by atoms with Crippen molar-refractivity contribution >= 4 is 17.0 Å². The molecule has 7 aromatic rings. The highest BCUT2D eigenvalue weighted by molar-refractivity contribution is 5.91. The number of para-hydroxylation sites is 1. The molecule has 1 aliphatic carbocycles. The maximum Gasteiger partial charge on any atom is 0.0885 e. The van der Waals surface area contributed by atoms with E-state index in [4.69, 9.17) is 4.98 Å². The second-order valence-electron chi connectivity index (χ2n) is 11.8. The molecule has 1 atom stereocenters. The van der Waals surface area contributed by atoms with Crippen LogP contribution in [0.1, 0.15) is 47.5 Å². The summed E-state index contributed by atoms with van der Waals surface area (Å²) in [6.07, 6.45) is 7.29. The van der Waals surface area contributed by atoms with Gasteiger partial charge in [0.05, 0.1) is 16.6 Å². The molecule has 0 saturated carbocycles. The van der Waals surface area contributed by atoms with E-state index < -0.39 is 5.41 Å². The van der Waals surface area contributed by atoms with E-state index in [-0.39, 0.29) is 0 Å². The quantitative estimate of drug-likeness (QED) is 0.192. The zero-order chi connectivity index (χ0) is 30.4. The standard InChI is InChI=1S/C43H34N2/c1-3-15-40-34(4-2)36-21-9-11-23-41(36)45(40)33-19-14-16-30(28-33)31-25-26-39-37(29-31)35-20-8-10-22-38(35)43(39,32-17-6-5-7-18-32)42-24-12-13-27-44-42/h3,5-29H,4H2,1-2H3/b15-3-. The van der Waals surface area contributed by atoms with Gasteiger partial charge in [0, 0.05) is 23.0 Å². The molecule has 216 valence electrons. The summed E-state index contributed by atoms with van der Waals surface area (Å²) in [7, 11) is 0. The Labute approximate surface area is 265 Å². The number of aryl methyl sites for hydroxylation is 1. The number of hydrogen-bond donors (Lipinski definition) is 0. The smallest absolute Gasteiger partial charge is 0.0885 e. The number of benzene rings is 5. The first-order valence-corrected chi connectivity index (χ1v) is 15.8. The molecule has 2 nitrogen and oxygen atoms in total. The van der Waals surface area contributed by atoms with Crippen LogP contribution in [0, 0.1) is 0 Å². The molecule has 0 amide bonds. The van der Waals surface area contributed by atoms with Gasteiger partial charge in [0.2, 0.25) is 0 Å². The summed E-state index contributed by atoms with van der Waals surface area (Å²) in [5.41, 5.74) is 14.3. The first kappa shape index (κ1) is 27.1. The van der Waals surface area contributed by atoms with E-state index in [0.29, 0.717) is 0 Å². The molecule has 2 heteroatoms. The molecule has 2 heterocycles. The van der Waals surface area contributed by atoms with Gasteiger partial charge in [-0.15, -0.1) is 0 Å². The van der Waals surface area contributed by atoms with Gasteiger partial charge >= 0.3 is 0 Å². The van der Waals surface area contributed by atoms with Crippen LogP contribution in [0.4, 0.5) is 0 Å². The topological polar surface area (TPSA) is 17.8 Å². The Morgan fingerprint density at radius 3 is 2.24 bits per heavy atom. The van der Waals surface area contributed by atoms with Crippen LogP contribution in [0.2, 0.25) is 0 Å². The van der Waals surface area contributed by atoms with Crippen molar-refractivity contribution in [3.63, 3.8) is 0 Å². The minimum absolute atomic E-state index is 0.489. The van der Waals surface area contributed by atoms with E-state index in [0.717, 1.165) is 12.1 Å². The minimum atomic E-state index is -0.489. The van der Waals surface area contributed by atoms with Crippen molar-refractivity contribution in [3.05, 3.63) is 185 Å². The van der Waals surface area contributed by atoms with Crippen LogP contribution in [0.3, 0.4) is 0 Å². The summed E-state index contributed by atoms with van der Waals surface area (Å²) >= 11 is 0. The van der Waals surface area contributed by atoms with Gasteiger partial charge in [-0.2, -0.15) is 0 Å². The molecule has 45 heavy (non-hydrogen) atoms. The molecule has 0 N–H and O–H groups in total. The molecule has 1 aliphatic rings. The van der Waals surface area contributed by atoms with E-state index in [2.05, 4.69) is 164 Å². The van der Waals surface area contributed by atoms with Crippen molar-refractivity contribution in [2.24, 2.45) is 0 Å². The number of hydrogen-bond acceptors (Lipinski definition) is 1. The van der Waals surface area contributed by atoms with Crippen LogP contribution in [0.5, 0.6) is 0 Å². The van der Waals surface area contributed by atoms with Crippen molar-refractivity contribution in [2.75, 3.05) is 0 Å². The number of rotatable bonds is 6. The van der Waals surface area contributed by atoms with Crippen molar-refractivity contribution in [3.8, 4) is 27.9 Å². The summed E-state index contributed by atoms with van der Waals surface area (Å²) in [6.45, 7) is 4.35. The van der Waals surface area contributed by atoms with Crippen molar-refractivity contribution < 1.29 is 0 Å². The lowest BCUT2D eigenvalue weighted by atomic mass is 9.70. The third-order valence-electron chi connectivity index (χ3n) is 9.44. The zero-order valence-corrected chi connectivity index (χ0v) is 25.6.